The minimum absolute atomic E-state index is 0.0956. The Labute approximate surface area is 106 Å². The molecule has 0 aliphatic heterocycles. The highest BCUT2D eigenvalue weighted by Crippen LogP contribution is 2.27. The van der Waals surface area contributed by atoms with Gasteiger partial charge in [-0.05, 0) is 12.3 Å². The van der Waals surface area contributed by atoms with Crippen LogP contribution in [0, 0.1) is 5.92 Å². The molecule has 3 N–H and O–H groups in total. The fourth-order valence-corrected chi connectivity index (χ4v) is 2.35. The summed E-state index contributed by atoms with van der Waals surface area (Å²) in [5, 5.41) is 13.7. The Hall–Kier alpha value is -1.33. The summed E-state index contributed by atoms with van der Waals surface area (Å²) in [7, 11) is 0. The first-order valence-electron chi connectivity index (χ1n) is 6.46. The minimum atomic E-state index is -1.03. The second-order valence-electron chi connectivity index (χ2n) is 4.72. The van der Waals surface area contributed by atoms with Crippen molar-refractivity contribution in [2.75, 3.05) is 13.2 Å². The van der Waals surface area contributed by atoms with Crippen molar-refractivity contribution < 1.29 is 19.1 Å². The van der Waals surface area contributed by atoms with Crippen molar-refractivity contribution in [2.24, 2.45) is 5.92 Å². The molecule has 0 spiro atoms. The van der Waals surface area contributed by atoms with E-state index in [9.17, 15) is 14.0 Å². The molecule has 104 valence electrons. The average Bonchev–Trinajstić information content (AvgIpc) is 2.36. The lowest BCUT2D eigenvalue weighted by Crippen LogP contribution is -2.47. The van der Waals surface area contributed by atoms with E-state index in [2.05, 4.69) is 10.6 Å². The Morgan fingerprint density at radius 3 is 2.50 bits per heavy atom. The number of aliphatic carboxylic acids is 1. The number of hydrogen-bond acceptors (Lipinski definition) is 2. The summed E-state index contributed by atoms with van der Waals surface area (Å²) in [5.74, 6) is -0.669. The van der Waals surface area contributed by atoms with Gasteiger partial charge in [-0.2, -0.15) is 0 Å². The van der Waals surface area contributed by atoms with E-state index in [4.69, 9.17) is 5.11 Å². The van der Waals surface area contributed by atoms with E-state index in [1.54, 1.807) is 0 Å². The monoisotopic (exact) mass is 260 g/mol. The van der Waals surface area contributed by atoms with Crippen LogP contribution in [-0.4, -0.2) is 36.4 Å². The van der Waals surface area contributed by atoms with Crippen LogP contribution in [0.3, 0.4) is 0 Å². The van der Waals surface area contributed by atoms with Crippen LogP contribution in [0.1, 0.15) is 38.5 Å². The Kier molecular flexibility index (Phi) is 6.46. The molecule has 1 atom stereocenters. The van der Waals surface area contributed by atoms with Gasteiger partial charge in [-0.3, -0.25) is 0 Å². The van der Waals surface area contributed by atoms with Gasteiger partial charge in [0.15, 0.2) is 0 Å². The molecular formula is C12H21FN2O3. The van der Waals surface area contributed by atoms with Crippen LogP contribution in [0.4, 0.5) is 9.18 Å². The molecule has 0 heterocycles. The van der Waals surface area contributed by atoms with E-state index in [0.717, 1.165) is 25.7 Å². The average molecular weight is 260 g/mol. The Balaban J connectivity index is 2.38. The highest BCUT2D eigenvalue weighted by atomic mass is 19.1. The second kappa shape index (κ2) is 7.89. The molecule has 0 aromatic rings. The minimum Gasteiger partial charge on any atom is -0.480 e. The van der Waals surface area contributed by atoms with Crippen molar-refractivity contribution in [1.82, 2.24) is 10.6 Å². The van der Waals surface area contributed by atoms with Crippen LogP contribution >= 0.6 is 0 Å². The number of hydrogen-bond donors (Lipinski definition) is 3. The molecule has 0 bridgehead atoms. The summed E-state index contributed by atoms with van der Waals surface area (Å²) in [6, 6.07) is -1.50. The molecule has 1 rings (SSSR count). The summed E-state index contributed by atoms with van der Waals surface area (Å²) < 4.78 is 11.9. The molecular weight excluding hydrogens is 239 g/mol. The van der Waals surface area contributed by atoms with E-state index >= 15 is 0 Å². The lowest BCUT2D eigenvalue weighted by Gasteiger charge is -2.25. The molecule has 1 unspecified atom stereocenters. The van der Waals surface area contributed by atoms with Crippen LogP contribution in [0.25, 0.3) is 0 Å². The van der Waals surface area contributed by atoms with E-state index in [-0.39, 0.29) is 6.54 Å². The molecule has 0 aromatic carbocycles. The third-order valence-corrected chi connectivity index (χ3v) is 3.28. The molecule has 18 heavy (non-hydrogen) atoms. The predicted octanol–water partition coefficient (Wildman–Crippen LogP) is 1.68. The number of carboxylic acid groups (broad SMARTS) is 1. The molecule has 0 aromatic heterocycles. The number of carbonyl (C=O) groups excluding carboxylic acids is 1. The summed E-state index contributed by atoms with van der Waals surface area (Å²) in [6.07, 6.45) is 5.97. The molecule has 1 fully saturated rings. The van der Waals surface area contributed by atoms with Gasteiger partial charge >= 0.3 is 12.0 Å². The maximum absolute atomic E-state index is 11.9. The standard InChI is InChI=1S/C12H21FN2O3/c13-6-7-14-12(18)15-10(11(16)17)8-9-4-2-1-3-5-9/h9-10H,1-8H2,(H,16,17)(H2,14,15,18). The van der Waals surface area contributed by atoms with Crippen molar-refractivity contribution in [2.45, 2.75) is 44.6 Å². The number of carboxylic acids is 1. The molecule has 0 radical (unpaired) electrons. The molecule has 5 nitrogen and oxygen atoms in total. The van der Waals surface area contributed by atoms with E-state index in [1.807, 2.05) is 0 Å². The Bertz CT molecular complexity index is 280. The number of amides is 2. The van der Waals surface area contributed by atoms with Crippen LogP contribution in [0.15, 0.2) is 0 Å². The van der Waals surface area contributed by atoms with Gasteiger partial charge in [0.05, 0.1) is 0 Å². The topological polar surface area (TPSA) is 78.4 Å². The highest BCUT2D eigenvalue weighted by molar-refractivity contribution is 5.82. The first-order chi connectivity index (χ1) is 8.63. The third kappa shape index (κ3) is 5.33. The van der Waals surface area contributed by atoms with Crippen molar-refractivity contribution in [1.29, 1.82) is 0 Å². The first kappa shape index (κ1) is 14.7. The van der Waals surface area contributed by atoms with Crippen LogP contribution in [0.5, 0.6) is 0 Å². The number of halogens is 1. The van der Waals surface area contributed by atoms with E-state index < -0.39 is 24.7 Å². The predicted molar refractivity (Wildman–Crippen MR) is 65.1 cm³/mol. The maximum atomic E-state index is 11.9. The molecule has 1 aliphatic rings. The van der Waals surface area contributed by atoms with Gasteiger partial charge in [-0.15, -0.1) is 0 Å². The first-order valence-corrected chi connectivity index (χ1v) is 6.46. The second-order valence-corrected chi connectivity index (χ2v) is 4.72. The number of alkyl halides is 1. The van der Waals surface area contributed by atoms with Gasteiger partial charge in [0.25, 0.3) is 0 Å². The van der Waals surface area contributed by atoms with Gasteiger partial charge in [0.2, 0.25) is 0 Å². The lowest BCUT2D eigenvalue weighted by atomic mass is 9.85. The fourth-order valence-electron chi connectivity index (χ4n) is 2.35. The van der Waals surface area contributed by atoms with Gasteiger partial charge in [0.1, 0.15) is 12.7 Å². The van der Waals surface area contributed by atoms with Crippen LogP contribution in [0.2, 0.25) is 0 Å². The van der Waals surface area contributed by atoms with Gasteiger partial charge in [0, 0.05) is 6.54 Å². The molecule has 1 aliphatic carbocycles. The summed E-state index contributed by atoms with van der Waals surface area (Å²) in [4.78, 5) is 22.4. The van der Waals surface area contributed by atoms with Crippen molar-refractivity contribution in [3.8, 4) is 0 Å². The zero-order chi connectivity index (χ0) is 13.4. The lowest BCUT2D eigenvalue weighted by molar-refractivity contribution is -0.139. The molecule has 1 saturated carbocycles. The smallest absolute Gasteiger partial charge is 0.326 e. The Morgan fingerprint density at radius 2 is 1.94 bits per heavy atom. The van der Waals surface area contributed by atoms with Gasteiger partial charge < -0.3 is 15.7 Å². The summed E-state index contributed by atoms with van der Waals surface area (Å²) in [5.41, 5.74) is 0. The zero-order valence-electron chi connectivity index (χ0n) is 10.5. The summed E-state index contributed by atoms with van der Waals surface area (Å²) in [6.45, 7) is -0.755. The van der Waals surface area contributed by atoms with E-state index in [1.165, 1.54) is 6.42 Å². The summed E-state index contributed by atoms with van der Waals surface area (Å²) >= 11 is 0. The molecule has 2 amide bonds. The third-order valence-electron chi connectivity index (χ3n) is 3.28. The van der Waals surface area contributed by atoms with Gasteiger partial charge in [-0.1, -0.05) is 32.1 Å². The molecule has 6 heteroatoms. The van der Waals surface area contributed by atoms with Crippen molar-refractivity contribution in [3.05, 3.63) is 0 Å². The van der Waals surface area contributed by atoms with Gasteiger partial charge in [-0.25, -0.2) is 14.0 Å². The van der Waals surface area contributed by atoms with E-state index in [0.29, 0.717) is 12.3 Å². The van der Waals surface area contributed by atoms with Crippen LogP contribution in [-0.2, 0) is 4.79 Å². The quantitative estimate of drug-likeness (QED) is 0.680. The highest BCUT2D eigenvalue weighted by Gasteiger charge is 2.25. The number of urea groups is 1. The number of rotatable bonds is 6. The zero-order valence-corrected chi connectivity index (χ0v) is 10.5. The van der Waals surface area contributed by atoms with Crippen LogP contribution < -0.4 is 10.6 Å². The number of carbonyl (C=O) groups is 2. The van der Waals surface area contributed by atoms with Crippen molar-refractivity contribution >= 4 is 12.0 Å². The number of nitrogens with one attached hydrogen (secondary N) is 2. The maximum Gasteiger partial charge on any atom is 0.326 e. The fraction of sp³-hybridized carbons (Fsp3) is 0.833. The molecule has 0 saturated heterocycles. The largest absolute Gasteiger partial charge is 0.480 e. The normalized spacial score (nSPS) is 18.1. The Morgan fingerprint density at radius 1 is 1.28 bits per heavy atom. The van der Waals surface area contributed by atoms with Crippen molar-refractivity contribution in [3.63, 3.8) is 0 Å². The SMILES string of the molecule is O=C(NCCF)NC(CC1CCCCC1)C(=O)O.